The lowest BCUT2D eigenvalue weighted by molar-refractivity contribution is -0.847. The third kappa shape index (κ3) is 3.73. The zero-order chi connectivity index (χ0) is 24.1. The van der Waals surface area contributed by atoms with Gasteiger partial charge >= 0.3 is 7.12 Å². The molecule has 5 aliphatic rings. The van der Waals surface area contributed by atoms with E-state index in [1.165, 1.54) is 6.42 Å². The van der Waals surface area contributed by atoms with Crippen LogP contribution >= 0.6 is 0 Å². The minimum Gasteiger partial charge on any atom is -0.401 e. The first-order valence-corrected chi connectivity index (χ1v) is 12.6. The first-order valence-electron chi connectivity index (χ1n) is 12.6. The zero-order valence-electron chi connectivity index (χ0n) is 20.5. The van der Waals surface area contributed by atoms with Gasteiger partial charge in [-0.25, -0.2) is 0 Å². The van der Waals surface area contributed by atoms with E-state index in [-0.39, 0.29) is 34.2 Å². The third-order valence-electron chi connectivity index (χ3n) is 8.91. The van der Waals surface area contributed by atoms with Gasteiger partial charge in [0.2, 0.25) is 12.2 Å². The highest BCUT2D eigenvalue weighted by Gasteiger charge is 2.70. The minimum atomic E-state index is -0.493. The summed E-state index contributed by atoms with van der Waals surface area (Å²) in [6, 6.07) is 9.80. The van der Waals surface area contributed by atoms with E-state index in [1.807, 2.05) is 30.3 Å². The molecule has 2 heterocycles. The fraction of sp³-hybridized carbons (Fsp3) is 0.640. The molecule has 4 N–H and O–H groups in total. The second-order valence-electron chi connectivity index (χ2n) is 11.2. The van der Waals surface area contributed by atoms with Gasteiger partial charge in [0.25, 0.3) is 5.91 Å². The fourth-order valence-electron chi connectivity index (χ4n) is 6.84. The van der Waals surface area contributed by atoms with Crippen molar-refractivity contribution in [2.24, 2.45) is 38.8 Å². The Morgan fingerprint density at radius 1 is 1.24 bits per heavy atom. The molecule has 2 bridgehead atoms. The second-order valence-corrected chi connectivity index (χ2v) is 11.2. The van der Waals surface area contributed by atoms with E-state index in [4.69, 9.17) is 25.9 Å². The van der Waals surface area contributed by atoms with Gasteiger partial charge in [-0.05, 0) is 56.4 Å². The quantitative estimate of drug-likeness (QED) is 0.331. The van der Waals surface area contributed by atoms with Crippen molar-refractivity contribution in [1.82, 2.24) is 0 Å². The largest absolute Gasteiger partial charge is 0.524 e. The van der Waals surface area contributed by atoms with E-state index in [0.717, 1.165) is 31.2 Å². The molecule has 34 heavy (non-hydrogen) atoms. The lowest BCUT2D eigenvalue weighted by atomic mass is 9.43. The second kappa shape index (κ2) is 8.55. The lowest BCUT2D eigenvalue weighted by Crippen LogP contribution is -2.65. The maximum absolute atomic E-state index is 12.3. The highest BCUT2D eigenvalue weighted by molar-refractivity contribution is 6.47. The summed E-state index contributed by atoms with van der Waals surface area (Å²) in [5, 5.41) is 4.99. The number of rotatable bonds is 9. The third-order valence-corrected chi connectivity index (χ3v) is 8.91. The van der Waals surface area contributed by atoms with Crippen LogP contribution in [-0.2, 0) is 14.1 Å². The van der Waals surface area contributed by atoms with Crippen LogP contribution in [-0.4, -0.2) is 60.5 Å². The molecule has 8 nitrogen and oxygen atoms in total. The van der Waals surface area contributed by atoms with Gasteiger partial charge in [-0.15, -0.1) is 4.59 Å². The summed E-state index contributed by atoms with van der Waals surface area (Å²) >= 11 is 0. The van der Waals surface area contributed by atoms with Crippen LogP contribution in [0.4, 0.5) is 0 Å². The Bertz CT molecular complexity index is 1000. The van der Waals surface area contributed by atoms with Gasteiger partial charge < -0.3 is 20.8 Å². The highest BCUT2D eigenvalue weighted by atomic mass is 16.7. The molecule has 9 heteroatoms. The van der Waals surface area contributed by atoms with Crippen LogP contribution in [0.15, 0.2) is 40.4 Å². The zero-order valence-corrected chi connectivity index (χ0v) is 20.5. The number of unbranched alkanes of at least 4 members (excludes halogenated alkanes) is 1. The van der Waals surface area contributed by atoms with Crippen LogP contribution in [0.1, 0.15) is 58.4 Å². The topological polar surface area (TPSA) is 112 Å². The molecule has 2 aliphatic heterocycles. The number of quaternary nitrogens is 1. The predicted octanol–water partition coefficient (Wildman–Crippen LogP) is 2.46. The molecule has 3 saturated carbocycles. The van der Waals surface area contributed by atoms with E-state index in [9.17, 15) is 4.79 Å². The Kier molecular flexibility index (Phi) is 5.95. The first-order chi connectivity index (χ1) is 16.2. The minimum absolute atomic E-state index is 0.00920. The van der Waals surface area contributed by atoms with Crippen LogP contribution in [0.5, 0.6) is 0 Å². The summed E-state index contributed by atoms with van der Waals surface area (Å²) in [7, 11) is -0.493. The van der Waals surface area contributed by atoms with Gasteiger partial charge in [0.1, 0.15) is 0 Å². The van der Waals surface area contributed by atoms with Crippen molar-refractivity contribution in [2.45, 2.75) is 70.5 Å². The highest BCUT2D eigenvalue weighted by Crippen LogP contribution is 2.66. The number of hydrogen-bond donors (Lipinski definition) is 2. The average Bonchev–Trinajstić information content (AvgIpc) is 3.37. The molecular formula is C25H37BN5O3+. The summed E-state index contributed by atoms with van der Waals surface area (Å²) in [4.78, 5) is 16.9. The van der Waals surface area contributed by atoms with Crippen LogP contribution in [0, 0.1) is 17.3 Å². The Balaban J connectivity index is 1.49. The van der Waals surface area contributed by atoms with Crippen molar-refractivity contribution >= 4 is 25.2 Å². The number of carbonyl (C=O) groups is 1. The summed E-state index contributed by atoms with van der Waals surface area (Å²) in [6.45, 7) is 7.54. The first kappa shape index (κ1) is 23.7. The number of nitrogens with two attached hydrogens (primary N) is 2. The number of nitrogens with zero attached hydrogens (tertiary/aromatic N) is 3. The molecule has 6 unspecified atom stereocenters. The van der Waals surface area contributed by atoms with E-state index >= 15 is 0 Å². The van der Waals surface area contributed by atoms with Crippen LogP contribution in [0.2, 0.25) is 0 Å². The molecule has 6 atom stereocenters. The molecule has 4 fully saturated rings. The van der Waals surface area contributed by atoms with Crippen LogP contribution in [0.25, 0.3) is 0 Å². The van der Waals surface area contributed by atoms with Crippen LogP contribution in [0.3, 0.4) is 0 Å². The Morgan fingerprint density at radius 3 is 2.68 bits per heavy atom. The standard InChI is InChI=1S/C25H36BN5O3/c1-24(2)18-13-19(24)25(3)20(14-18)33-26(34-25)21(11-7-8-12-27)31(15-22(28)32)16-29-23(30-31)17-9-5-4-6-10-17/h4-6,9-10,16,18-21H,7-8,11-15,27H2,1-3H3,(H-,28,32)/p+1. The van der Waals surface area contributed by atoms with Gasteiger partial charge in [0.05, 0.1) is 11.7 Å². The molecular weight excluding hydrogens is 429 g/mol. The molecule has 1 saturated heterocycles. The molecule has 0 radical (unpaired) electrons. The lowest BCUT2D eigenvalue weighted by Gasteiger charge is -2.64. The van der Waals surface area contributed by atoms with E-state index < -0.39 is 13.0 Å². The van der Waals surface area contributed by atoms with Gasteiger partial charge in [-0.3, -0.25) is 4.79 Å². The van der Waals surface area contributed by atoms with E-state index in [0.29, 0.717) is 24.2 Å². The number of benzene rings is 1. The van der Waals surface area contributed by atoms with Gasteiger partial charge in [0.15, 0.2) is 12.5 Å². The number of aliphatic imine (C=N–C) groups is 1. The normalized spacial score (nSPS) is 36.1. The van der Waals surface area contributed by atoms with Gasteiger partial charge in [-0.2, -0.15) is 4.99 Å². The monoisotopic (exact) mass is 466 g/mol. The molecule has 1 aromatic carbocycles. The summed E-state index contributed by atoms with van der Waals surface area (Å²) in [5.74, 6) is 1.04. The van der Waals surface area contributed by atoms with Crippen molar-refractivity contribution in [3.8, 4) is 0 Å². The van der Waals surface area contributed by atoms with E-state index in [1.54, 1.807) is 6.34 Å². The summed E-state index contributed by atoms with van der Waals surface area (Å²) in [5.41, 5.74) is 12.4. The summed E-state index contributed by atoms with van der Waals surface area (Å²) in [6.07, 6.45) is 6.50. The molecule has 1 amide bonds. The predicted molar refractivity (Wildman–Crippen MR) is 133 cm³/mol. The smallest absolute Gasteiger partial charge is 0.401 e. The maximum Gasteiger partial charge on any atom is 0.524 e. The average molecular weight is 466 g/mol. The maximum atomic E-state index is 12.3. The molecule has 182 valence electrons. The molecule has 1 aromatic rings. The van der Waals surface area contributed by atoms with Gasteiger partial charge in [-0.1, -0.05) is 49.3 Å². The van der Waals surface area contributed by atoms with Crippen molar-refractivity contribution in [3.05, 3.63) is 35.9 Å². The van der Waals surface area contributed by atoms with Crippen molar-refractivity contribution < 1.29 is 18.7 Å². The number of amidine groups is 1. The number of amides is 1. The summed E-state index contributed by atoms with van der Waals surface area (Å²) < 4.78 is 13.5. The van der Waals surface area contributed by atoms with Crippen molar-refractivity contribution in [2.75, 3.05) is 13.1 Å². The Labute approximate surface area is 202 Å². The molecule has 3 aliphatic carbocycles. The van der Waals surface area contributed by atoms with Crippen molar-refractivity contribution in [1.29, 1.82) is 0 Å². The molecule has 0 spiro atoms. The number of carbonyl (C=O) groups excluding carboxylic acids is 1. The van der Waals surface area contributed by atoms with Gasteiger partial charge in [0, 0.05) is 12.0 Å². The number of primary amides is 1. The number of hydrogen-bond acceptors (Lipinski definition) is 6. The Morgan fingerprint density at radius 2 is 2.00 bits per heavy atom. The van der Waals surface area contributed by atoms with Crippen LogP contribution < -0.4 is 11.5 Å². The molecule has 6 rings (SSSR count). The fourth-order valence-corrected chi connectivity index (χ4v) is 6.84. The van der Waals surface area contributed by atoms with Crippen molar-refractivity contribution in [3.63, 3.8) is 0 Å². The SMILES string of the molecule is CC1(C)C2CC3OB(C(CCCCN)[N+]4(CC(N)=O)C=NC(c5ccccc5)=N4)OC3(C)C1C2. The van der Waals surface area contributed by atoms with E-state index in [2.05, 4.69) is 25.8 Å². The Hall–Kier alpha value is -2.07. The molecule has 0 aromatic heterocycles.